The summed E-state index contributed by atoms with van der Waals surface area (Å²) >= 11 is 0. The molecule has 1 unspecified atom stereocenters. The second kappa shape index (κ2) is 10.1. The maximum Gasteiger partial charge on any atom is 0.251 e. The van der Waals surface area contributed by atoms with E-state index < -0.39 is 18.5 Å². The number of rotatable bonds is 9. The first-order chi connectivity index (χ1) is 16.4. The van der Waals surface area contributed by atoms with Crippen LogP contribution in [0.3, 0.4) is 0 Å². The number of aromatic nitrogens is 1. The van der Waals surface area contributed by atoms with Crippen molar-refractivity contribution in [2.24, 2.45) is 0 Å². The molecule has 1 heterocycles. The minimum Gasteiger partial charge on any atom is -0.491 e. The lowest BCUT2D eigenvalue weighted by atomic mass is 9.99. The molecule has 1 amide bonds. The van der Waals surface area contributed by atoms with Gasteiger partial charge in [0.25, 0.3) is 5.91 Å². The minimum atomic E-state index is -0.976. The molecule has 3 aromatic rings. The van der Waals surface area contributed by atoms with Crippen LogP contribution in [0.1, 0.15) is 44.7 Å². The number of hydrogen-bond donors (Lipinski definition) is 3. The monoisotopic (exact) mass is 464 g/mol. The van der Waals surface area contributed by atoms with Crippen molar-refractivity contribution in [3.8, 4) is 17.0 Å². The first kappa shape index (κ1) is 23.5. The second-order valence-electron chi connectivity index (χ2n) is 8.31. The molecule has 7 nitrogen and oxygen atoms in total. The molecule has 1 aliphatic carbocycles. The van der Waals surface area contributed by atoms with E-state index in [0.717, 1.165) is 12.8 Å². The summed E-state index contributed by atoms with van der Waals surface area (Å²) in [6.45, 7) is 1.17. The van der Waals surface area contributed by atoms with Gasteiger partial charge in [0, 0.05) is 34.5 Å². The van der Waals surface area contributed by atoms with E-state index in [2.05, 4.69) is 10.3 Å². The van der Waals surface area contributed by atoms with Crippen LogP contribution < -0.4 is 10.1 Å². The van der Waals surface area contributed by atoms with Crippen molar-refractivity contribution in [1.82, 2.24) is 10.3 Å². The van der Waals surface area contributed by atoms with Crippen molar-refractivity contribution in [3.63, 3.8) is 0 Å². The fraction of sp³-hybridized carbons (Fsp3) is 0.269. The number of aliphatic hydroxyl groups is 2. The highest BCUT2D eigenvalue weighted by atomic mass is 19.1. The molecule has 34 heavy (non-hydrogen) atoms. The number of ether oxygens (including phenoxy) is 1. The Morgan fingerprint density at radius 2 is 1.82 bits per heavy atom. The number of aliphatic hydroxyl groups excluding tert-OH is 2. The lowest BCUT2D eigenvalue weighted by molar-refractivity contribution is 0.0536. The molecule has 176 valence electrons. The number of halogens is 1. The number of ketones is 1. The summed E-state index contributed by atoms with van der Waals surface area (Å²) in [6.07, 6.45) is 2.32. The van der Waals surface area contributed by atoms with Crippen molar-refractivity contribution in [3.05, 3.63) is 82.8 Å². The molecule has 1 atom stereocenters. The summed E-state index contributed by atoms with van der Waals surface area (Å²) in [6, 6.07) is 12.6. The smallest absolute Gasteiger partial charge is 0.251 e. The molecule has 0 radical (unpaired) electrons. The van der Waals surface area contributed by atoms with E-state index in [1.807, 2.05) is 0 Å². The molecule has 3 N–H and O–H groups in total. The topological polar surface area (TPSA) is 109 Å². The Bertz CT molecular complexity index is 1190. The molecule has 1 fully saturated rings. The zero-order valence-corrected chi connectivity index (χ0v) is 18.6. The molecule has 2 aromatic carbocycles. The molecule has 1 aromatic heterocycles. The molecule has 1 aliphatic rings. The van der Waals surface area contributed by atoms with Gasteiger partial charge in [-0.05, 0) is 73.9 Å². The molecule has 0 bridgehead atoms. The Balaban J connectivity index is 1.50. The lowest BCUT2D eigenvalue weighted by Gasteiger charge is -2.11. The maximum absolute atomic E-state index is 14.5. The normalized spacial score (nSPS) is 13.9. The minimum absolute atomic E-state index is 0.0569. The van der Waals surface area contributed by atoms with Crippen molar-refractivity contribution in [1.29, 1.82) is 0 Å². The summed E-state index contributed by atoms with van der Waals surface area (Å²) in [5.74, 6) is -0.593. The summed E-state index contributed by atoms with van der Waals surface area (Å²) in [5, 5.41) is 21.0. The fourth-order valence-corrected chi connectivity index (χ4v) is 3.37. The molecule has 0 spiro atoms. The largest absolute Gasteiger partial charge is 0.491 e. The first-order valence-electron chi connectivity index (χ1n) is 11.0. The van der Waals surface area contributed by atoms with E-state index in [1.165, 1.54) is 12.3 Å². The number of carbonyl (C=O) groups is 2. The molecule has 4 rings (SSSR count). The van der Waals surface area contributed by atoms with Crippen molar-refractivity contribution < 1.29 is 28.9 Å². The molecular formula is C26H25FN2O5. The van der Waals surface area contributed by atoms with Gasteiger partial charge in [-0.2, -0.15) is 0 Å². The van der Waals surface area contributed by atoms with Gasteiger partial charge < -0.3 is 20.3 Å². The van der Waals surface area contributed by atoms with Gasteiger partial charge in [0.1, 0.15) is 24.3 Å². The third kappa shape index (κ3) is 5.47. The van der Waals surface area contributed by atoms with Gasteiger partial charge in [-0.15, -0.1) is 0 Å². The van der Waals surface area contributed by atoms with E-state index >= 15 is 0 Å². The average Bonchev–Trinajstić information content (AvgIpc) is 3.68. The number of amides is 1. The van der Waals surface area contributed by atoms with Gasteiger partial charge in [-0.25, -0.2) is 4.39 Å². The molecule has 0 saturated heterocycles. The van der Waals surface area contributed by atoms with E-state index in [-0.39, 0.29) is 29.9 Å². The van der Waals surface area contributed by atoms with Crippen molar-refractivity contribution >= 4 is 11.7 Å². The van der Waals surface area contributed by atoms with Gasteiger partial charge in [0.2, 0.25) is 0 Å². The van der Waals surface area contributed by atoms with Crippen LogP contribution in [0.2, 0.25) is 0 Å². The van der Waals surface area contributed by atoms with Gasteiger partial charge >= 0.3 is 0 Å². The van der Waals surface area contributed by atoms with E-state index in [1.54, 1.807) is 49.4 Å². The Morgan fingerprint density at radius 1 is 1.12 bits per heavy atom. The Labute approximate surface area is 196 Å². The number of benzene rings is 2. The van der Waals surface area contributed by atoms with Crippen LogP contribution in [-0.4, -0.2) is 52.2 Å². The molecule has 1 saturated carbocycles. The summed E-state index contributed by atoms with van der Waals surface area (Å²) < 4.78 is 19.9. The zero-order valence-electron chi connectivity index (χ0n) is 18.6. The number of carbonyl (C=O) groups excluding carboxylic acids is 2. The highest BCUT2D eigenvalue weighted by molar-refractivity contribution is 6.09. The third-order valence-corrected chi connectivity index (χ3v) is 5.59. The standard InChI is InChI=1S/C26H25FN2O5/c1-15-22(10-18(11-23(15)27)26(33)29-19-5-6-19)24-9-4-17(12-28-24)25(32)16-2-7-21(8-3-16)34-14-20(31)13-30/h2-4,7-12,19-20,30-31H,5-6,13-14H2,1H3,(H,29,33). The van der Waals surface area contributed by atoms with Crippen LogP contribution in [-0.2, 0) is 0 Å². The summed E-state index contributed by atoms with van der Waals surface area (Å²) in [5.41, 5.74) is 2.34. The SMILES string of the molecule is Cc1c(F)cc(C(=O)NC2CC2)cc1-c1ccc(C(=O)c2ccc(OCC(O)CO)cc2)cn1. The quantitative estimate of drug-likeness (QED) is 0.420. The lowest BCUT2D eigenvalue weighted by Crippen LogP contribution is -2.25. The first-order valence-corrected chi connectivity index (χ1v) is 11.0. The molecule has 0 aliphatic heterocycles. The maximum atomic E-state index is 14.5. The Kier molecular flexibility index (Phi) is 7.00. The average molecular weight is 464 g/mol. The Morgan fingerprint density at radius 3 is 2.44 bits per heavy atom. The predicted octanol–water partition coefficient (Wildman–Crippen LogP) is 3.05. The van der Waals surface area contributed by atoms with Crippen molar-refractivity contribution in [2.75, 3.05) is 13.2 Å². The van der Waals surface area contributed by atoms with Gasteiger partial charge in [-0.1, -0.05) is 0 Å². The Hall–Kier alpha value is -3.62. The van der Waals surface area contributed by atoms with Crippen LogP contribution in [0, 0.1) is 12.7 Å². The number of nitrogens with one attached hydrogen (secondary N) is 1. The van der Waals surface area contributed by atoms with Crippen LogP contribution >= 0.6 is 0 Å². The van der Waals surface area contributed by atoms with E-state index in [4.69, 9.17) is 9.84 Å². The number of hydrogen-bond acceptors (Lipinski definition) is 6. The van der Waals surface area contributed by atoms with Crippen LogP contribution in [0.25, 0.3) is 11.3 Å². The number of nitrogens with zero attached hydrogens (tertiary/aromatic N) is 1. The highest BCUT2D eigenvalue weighted by Crippen LogP contribution is 2.27. The highest BCUT2D eigenvalue weighted by Gasteiger charge is 2.25. The predicted molar refractivity (Wildman–Crippen MR) is 123 cm³/mol. The van der Waals surface area contributed by atoms with Crippen LogP contribution in [0.15, 0.2) is 54.7 Å². The summed E-state index contributed by atoms with van der Waals surface area (Å²) in [4.78, 5) is 29.6. The van der Waals surface area contributed by atoms with Gasteiger partial charge in [-0.3, -0.25) is 14.6 Å². The zero-order chi connectivity index (χ0) is 24.2. The molecule has 8 heteroatoms. The third-order valence-electron chi connectivity index (χ3n) is 5.59. The van der Waals surface area contributed by atoms with E-state index in [9.17, 15) is 19.1 Å². The number of pyridine rings is 1. The van der Waals surface area contributed by atoms with Gasteiger partial charge in [0.05, 0.1) is 12.3 Å². The van der Waals surface area contributed by atoms with E-state index in [0.29, 0.717) is 33.7 Å². The van der Waals surface area contributed by atoms with Gasteiger partial charge in [0.15, 0.2) is 5.78 Å². The summed E-state index contributed by atoms with van der Waals surface area (Å²) in [7, 11) is 0. The second-order valence-corrected chi connectivity index (χ2v) is 8.31. The van der Waals surface area contributed by atoms with Crippen LogP contribution in [0.5, 0.6) is 5.75 Å². The fourth-order valence-electron chi connectivity index (χ4n) is 3.37. The molecular weight excluding hydrogens is 439 g/mol. The van der Waals surface area contributed by atoms with Crippen LogP contribution in [0.4, 0.5) is 4.39 Å². The van der Waals surface area contributed by atoms with Crippen molar-refractivity contribution in [2.45, 2.75) is 31.9 Å².